The zero-order valence-electron chi connectivity index (χ0n) is 13.8. The second-order valence-corrected chi connectivity index (χ2v) is 6.71. The third-order valence-corrected chi connectivity index (χ3v) is 5.45. The summed E-state index contributed by atoms with van der Waals surface area (Å²) in [6.07, 6.45) is 3.16. The van der Waals surface area contributed by atoms with Crippen LogP contribution in [0.2, 0.25) is 0 Å². The van der Waals surface area contributed by atoms with Crippen LogP contribution in [-0.2, 0) is 11.3 Å². The molecule has 2 aromatic rings. The van der Waals surface area contributed by atoms with E-state index in [4.69, 9.17) is 4.74 Å². The van der Waals surface area contributed by atoms with Gasteiger partial charge >= 0.3 is 0 Å². The van der Waals surface area contributed by atoms with Gasteiger partial charge < -0.3 is 4.74 Å². The molecule has 4 rings (SSSR count). The summed E-state index contributed by atoms with van der Waals surface area (Å²) in [4.78, 5) is 9.84. The third-order valence-electron chi connectivity index (χ3n) is 5.45. The molecule has 2 atom stereocenters. The van der Waals surface area contributed by atoms with E-state index in [1.165, 1.54) is 23.9 Å². The van der Waals surface area contributed by atoms with E-state index in [-0.39, 0.29) is 0 Å². The lowest BCUT2D eigenvalue weighted by atomic mass is 10.1. The van der Waals surface area contributed by atoms with Crippen molar-refractivity contribution in [3.63, 3.8) is 0 Å². The second-order valence-electron chi connectivity index (χ2n) is 6.71. The molecule has 2 saturated heterocycles. The van der Waals surface area contributed by atoms with Crippen LogP contribution < -0.4 is 0 Å². The lowest BCUT2D eigenvalue weighted by Gasteiger charge is -2.36. The van der Waals surface area contributed by atoms with Gasteiger partial charge in [0.2, 0.25) is 0 Å². The molecular formula is C19H25N3O. The number of rotatable bonds is 3. The van der Waals surface area contributed by atoms with Crippen LogP contribution in [0.4, 0.5) is 0 Å². The van der Waals surface area contributed by atoms with Gasteiger partial charge in [-0.25, -0.2) is 0 Å². The maximum absolute atomic E-state index is 5.50. The fraction of sp³-hybridized carbons (Fsp3) is 0.526. The minimum absolute atomic E-state index is 0.590. The number of likely N-dealkylation sites (tertiary alicyclic amines) is 1. The molecule has 1 aromatic heterocycles. The second kappa shape index (κ2) is 6.56. The number of ether oxygens (including phenoxy) is 1. The van der Waals surface area contributed by atoms with Crippen molar-refractivity contribution in [1.82, 2.24) is 14.8 Å². The first-order valence-corrected chi connectivity index (χ1v) is 8.71. The lowest BCUT2D eigenvalue weighted by Crippen LogP contribution is -2.48. The molecule has 0 amide bonds. The summed E-state index contributed by atoms with van der Waals surface area (Å²) in [7, 11) is 0. The van der Waals surface area contributed by atoms with Crippen LogP contribution in [0.15, 0.2) is 36.5 Å². The minimum atomic E-state index is 0.590. The monoisotopic (exact) mass is 311 g/mol. The molecule has 4 nitrogen and oxygen atoms in total. The third kappa shape index (κ3) is 2.99. The molecule has 3 heterocycles. The van der Waals surface area contributed by atoms with Gasteiger partial charge in [-0.3, -0.25) is 14.8 Å². The van der Waals surface area contributed by atoms with Gasteiger partial charge in [-0.2, -0.15) is 0 Å². The largest absolute Gasteiger partial charge is 0.379 e. The fourth-order valence-corrected chi connectivity index (χ4v) is 4.12. The summed E-state index contributed by atoms with van der Waals surface area (Å²) in [5.74, 6) is 0. The number of fused-ring (bicyclic) bond motifs is 1. The van der Waals surface area contributed by atoms with Crippen molar-refractivity contribution in [3.05, 3.63) is 42.1 Å². The summed E-state index contributed by atoms with van der Waals surface area (Å²) < 4.78 is 5.50. The van der Waals surface area contributed by atoms with Gasteiger partial charge in [0, 0.05) is 49.8 Å². The summed E-state index contributed by atoms with van der Waals surface area (Å²) in [5, 5.41) is 1.24. The number of pyridine rings is 1. The summed E-state index contributed by atoms with van der Waals surface area (Å²) in [6, 6.07) is 11.9. The highest BCUT2D eigenvalue weighted by atomic mass is 16.5. The van der Waals surface area contributed by atoms with Gasteiger partial charge in [-0.1, -0.05) is 24.3 Å². The zero-order valence-corrected chi connectivity index (χ0v) is 13.8. The van der Waals surface area contributed by atoms with E-state index in [9.17, 15) is 0 Å². The molecule has 0 unspecified atom stereocenters. The molecule has 0 bridgehead atoms. The summed E-state index contributed by atoms with van der Waals surface area (Å²) in [6.45, 7) is 8.48. The fourth-order valence-electron chi connectivity index (χ4n) is 4.12. The van der Waals surface area contributed by atoms with E-state index in [1.54, 1.807) is 0 Å². The quantitative estimate of drug-likeness (QED) is 0.871. The van der Waals surface area contributed by atoms with Gasteiger partial charge in [0.05, 0.1) is 18.7 Å². The number of para-hydroxylation sites is 1. The number of benzene rings is 1. The first-order chi connectivity index (χ1) is 11.3. The van der Waals surface area contributed by atoms with Gasteiger partial charge in [-0.05, 0) is 25.0 Å². The highest BCUT2D eigenvalue weighted by Crippen LogP contribution is 2.27. The molecule has 4 heteroatoms. The van der Waals surface area contributed by atoms with E-state index in [0.717, 1.165) is 38.4 Å². The SMILES string of the molecule is C[C@@H]1[C@H](N2CCOCC2)CCN1Cc1cccc2cccnc12. The van der Waals surface area contributed by atoms with E-state index in [1.807, 2.05) is 12.3 Å². The molecule has 1 aromatic carbocycles. The maximum Gasteiger partial charge on any atom is 0.0746 e. The molecule has 0 aliphatic carbocycles. The van der Waals surface area contributed by atoms with Gasteiger partial charge in [0.1, 0.15) is 0 Å². The Hall–Kier alpha value is -1.49. The van der Waals surface area contributed by atoms with Gasteiger partial charge in [-0.15, -0.1) is 0 Å². The minimum Gasteiger partial charge on any atom is -0.379 e. The Bertz CT molecular complexity index is 663. The molecule has 2 aliphatic rings. The molecule has 0 saturated carbocycles. The molecule has 23 heavy (non-hydrogen) atoms. The number of morpholine rings is 1. The molecular weight excluding hydrogens is 286 g/mol. The van der Waals surface area contributed by atoms with Gasteiger partial charge in [0.25, 0.3) is 0 Å². The lowest BCUT2D eigenvalue weighted by molar-refractivity contribution is 0.00985. The smallest absolute Gasteiger partial charge is 0.0746 e. The number of hydrogen-bond donors (Lipinski definition) is 0. The van der Waals surface area contributed by atoms with Crippen molar-refractivity contribution in [1.29, 1.82) is 0 Å². The predicted molar refractivity (Wildman–Crippen MR) is 92.4 cm³/mol. The van der Waals surface area contributed by atoms with Crippen LogP contribution in [0.1, 0.15) is 18.9 Å². The first kappa shape index (κ1) is 15.1. The van der Waals surface area contributed by atoms with Crippen LogP contribution in [0.5, 0.6) is 0 Å². The van der Waals surface area contributed by atoms with Crippen molar-refractivity contribution in [2.24, 2.45) is 0 Å². The first-order valence-electron chi connectivity index (χ1n) is 8.71. The van der Waals surface area contributed by atoms with Crippen LogP contribution in [0, 0.1) is 0 Å². The summed E-state index contributed by atoms with van der Waals surface area (Å²) >= 11 is 0. The summed E-state index contributed by atoms with van der Waals surface area (Å²) in [5.41, 5.74) is 2.50. The Kier molecular flexibility index (Phi) is 4.29. The Morgan fingerprint density at radius 1 is 1.13 bits per heavy atom. The van der Waals surface area contributed by atoms with Crippen LogP contribution in [-0.4, -0.2) is 59.7 Å². The average Bonchev–Trinajstić information content (AvgIpc) is 2.97. The van der Waals surface area contributed by atoms with Crippen LogP contribution in [0.25, 0.3) is 10.9 Å². The molecule has 2 fully saturated rings. The number of nitrogens with zero attached hydrogens (tertiary/aromatic N) is 3. The predicted octanol–water partition coefficient (Wildman–Crippen LogP) is 2.53. The molecule has 2 aliphatic heterocycles. The van der Waals surface area contributed by atoms with E-state index in [2.05, 4.69) is 46.0 Å². The van der Waals surface area contributed by atoms with E-state index in [0.29, 0.717) is 12.1 Å². The van der Waals surface area contributed by atoms with Crippen molar-refractivity contribution in [3.8, 4) is 0 Å². The Morgan fingerprint density at radius 3 is 2.83 bits per heavy atom. The van der Waals surface area contributed by atoms with Crippen molar-refractivity contribution < 1.29 is 4.74 Å². The topological polar surface area (TPSA) is 28.6 Å². The van der Waals surface area contributed by atoms with Crippen molar-refractivity contribution >= 4 is 10.9 Å². The Morgan fingerprint density at radius 2 is 1.96 bits per heavy atom. The maximum atomic E-state index is 5.50. The van der Waals surface area contributed by atoms with E-state index >= 15 is 0 Å². The highest BCUT2D eigenvalue weighted by Gasteiger charge is 2.35. The van der Waals surface area contributed by atoms with Crippen LogP contribution in [0.3, 0.4) is 0 Å². The van der Waals surface area contributed by atoms with E-state index < -0.39 is 0 Å². The molecule has 122 valence electrons. The van der Waals surface area contributed by atoms with Gasteiger partial charge in [0.15, 0.2) is 0 Å². The Labute approximate surface area is 138 Å². The highest BCUT2D eigenvalue weighted by molar-refractivity contribution is 5.81. The van der Waals surface area contributed by atoms with Crippen LogP contribution >= 0.6 is 0 Å². The standard InChI is InChI=1S/C19H25N3O/c1-15-18(21-10-12-23-13-11-21)7-9-22(15)14-17-5-2-4-16-6-3-8-20-19(16)17/h2-6,8,15,18H,7,9-14H2,1H3/t15-,18-/m1/s1. The van der Waals surface area contributed by atoms with Crippen molar-refractivity contribution in [2.45, 2.75) is 32.0 Å². The average molecular weight is 311 g/mol. The zero-order chi connectivity index (χ0) is 15.6. The normalized spacial score (nSPS) is 26.8. The molecule has 0 radical (unpaired) electrons. The molecule has 0 spiro atoms. The number of hydrogen-bond acceptors (Lipinski definition) is 4. The van der Waals surface area contributed by atoms with Crippen molar-refractivity contribution in [2.75, 3.05) is 32.8 Å². The molecule has 0 N–H and O–H groups in total. The Balaban J connectivity index is 1.50. The number of aromatic nitrogens is 1.